The van der Waals surface area contributed by atoms with E-state index in [9.17, 15) is 19.4 Å². The minimum atomic E-state index is -4.58. The number of rotatable bonds is 57. The molecule has 9 heteroatoms. The van der Waals surface area contributed by atoms with Gasteiger partial charge in [-0.15, -0.1) is 0 Å². The number of unbranched alkanes of at least 4 members (excludes halogenated alkanes) is 40. The van der Waals surface area contributed by atoms with Gasteiger partial charge in [-0.3, -0.25) is 9.36 Å². The molecule has 0 aliphatic heterocycles. The molecule has 8 nitrogen and oxygen atoms in total. The summed E-state index contributed by atoms with van der Waals surface area (Å²) in [7, 11) is 1.31. The van der Waals surface area contributed by atoms with Crippen molar-refractivity contribution in [2.75, 3.05) is 40.9 Å². The molecule has 0 heterocycles. The number of allylic oxidation sites excluding steroid dienone is 4. The third kappa shape index (κ3) is 54.7. The Bertz CT molecular complexity index is 1190. The highest BCUT2D eigenvalue weighted by Crippen LogP contribution is 2.38. The Morgan fingerprint density at radius 1 is 0.500 bits per heavy atom. The predicted molar refractivity (Wildman–Crippen MR) is 302 cm³/mol. The van der Waals surface area contributed by atoms with Crippen LogP contribution < -0.4 is 10.2 Å². The van der Waals surface area contributed by atoms with Crippen molar-refractivity contribution in [2.45, 2.75) is 321 Å². The molecule has 416 valence electrons. The molecule has 0 saturated carbocycles. The van der Waals surface area contributed by atoms with Gasteiger partial charge in [-0.2, -0.15) is 0 Å². The Labute approximate surface area is 436 Å². The molecule has 3 unspecified atom stereocenters. The van der Waals surface area contributed by atoms with E-state index in [1.807, 2.05) is 21.1 Å². The summed E-state index contributed by atoms with van der Waals surface area (Å²) in [6, 6.07) is -0.805. The third-order valence-electron chi connectivity index (χ3n) is 14.2. The Morgan fingerprint density at radius 2 is 0.829 bits per heavy atom. The normalized spacial score (nSPS) is 14.0. The first-order chi connectivity index (χ1) is 34.0. The Balaban J connectivity index is 4.14. The fraction of sp³-hybridized carbons (Fsp3) is 0.918. The van der Waals surface area contributed by atoms with E-state index in [0.29, 0.717) is 23.9 Å². The molecule has 0 spiro atoms. The van der Waals surface area contributed by atoms with Gasteiger partial charge in [0.15, 0.2) is 0 Å². The van der Waals surface area contributed by atoms with Gasteiger partial charge in [-0.25, -0.2) is 0 Å². The number of phosphoric ester groups is 1. The molecule has 0 aliphatic rings. The molecule has 1 amide bonds. The lowest BCUT2D eigenvalue weighted by molar-refractivity contribution is -0.870. The number of nitrogens with zero attached hydrogens (tertiary/aromatic N) is 1. The van der Waals surface area contributed by atoms with Crippen LogP contribution in [0.3, 0.4) is 0 Å². The summed E-state index contributed by atoms with van der Waals surface area (Å²) in [4.78, 5) is 25.6. The first-order valence-corrected chi connectivity index (χ1v) is 32.1. The second kappa shape index (κ2) is 52.8. The van der Waals surface area contributed by atoms with Crippen molar-refractivity contribution in [1.29, 1.82) is 0 Å². The number of quaternary nitrogens is 1. The second-order valence-electron chi connectivity index (χ2n) is 22.4. The first kappa shape index (κ1) is 69.0. The van der Waals surface area contributed by atoms with Crippen LogP contribution in [0, 0.1) is 0 Å². The highest BCUT2D eigenvalue weighted by molar-refractivity contribution is 7.45. The van der Waals surface area contributed by atoms with Crippen molar-refractivity contribution in [3.8, 4) is 0 Å². The van der Waals surface area contributed by atoms with E-state index in [4.69, 9.17) is 9.05 Å². The minimum Gasteiger partial charge on any atom is -0.756 e. The molecule has 70 heavy (non-hydrogen) atoms. The number of aliphatic hydroxyl groups excluding tert-OH is 1. The summed E-state index contributed by atoms with van der Waals surface area (Å²) in [6.45, 7) is 4.76. The van der Waals surface area contributed by atoms with Crippen LogP contribution in [0.25, 0.3) is 0 Å². The van der Waals surface area contributed by atoms with E-state index in [0.717, 1.165) is 51.4 Å². The first-order valence-electron chi connectivity index (χ1n) is 30.7. The molecule has 2 N–H and O–H groups in total. The van der Waals surface area contributed by atoms with Gasteiger partial charge in [0.1, 0.15) is 13.2 Å². The molecular weight excluding hydrogens is 888 g/mol. The number of likely N-dealkylation sites (N-methyl/N-ethyl adjacent to an activating group) is 1. The lowest BCUT2D eigenvalue weighted by Crippen LogP contribution is -2.46. The number of hydrogen-bond donors (Lipinski definition) is 2. The van der Waals surface area contributed by atoms with Crippen LogP contribution in [0.5, 0.6) is 0 Å². The summed E-state index contributed by atoms with van der Waals surface area (Å²) in [5.74, 6) is -0.167. The number of nitrogens with one attached hydrogen (secondary N) is 1. The lowest BCUT2D eigenvalue weighted by Gasteiger charge is -2.30. The van der Waals surface area contributed by atoms with Crippen molar-refractivity contribution in [3.05, 3.63) is 24.3 Å². The van der Waals surface area contributed by atoms with Crippen LogP contribution in [-0.2, 0) is 18.4 Å². The van der Waals surface area contributed by atoms with Gasteiger partial charge in [0.05, 0.1) is 39.9 Å². The van der Waals surface area contributed by atoms with Crippen molar-refractivity contribution in [1.82, 2.24) is 5.32 Å². The standard InChI is InChI=1S/C61H121N2O6P/c1-6-8-10-12-14-16-18-20-22-24-26-28-30-31-33-34-36-38-40-42-44-46-48-50-52-54-60(64)59(58-69-70(66,67)68-57-56-63(3,4)5)62-61(65)55-53-51-49-47-45-43-41-39-37-35-32-29-27-25-23-21-19-17-15-13-11-9-7-2/h27,29,35,37,59-60,64H,6-26,28,30-34,36,38-58H2,1-5H3,(H-,62,65,66,67)/b29-27-,37-35-. The third-order valence-corrected chi connectivity index (χ3v) is 15.2. The summed E-state index contributed by atoms with van der Waals surface area (Å²) >= 11 is 0. The molecule has 0 aromatic rings. The monoisotopic (exact) mass is 1010 g/mol. The smallest absolute Gasteiger partial charge is 0.268 e. The number of carbonyl (C=O) groups is 1. The SMILES string of the molecule is CCCCCCCCCCC/C=C\C/C=C\CCCCCCCCCC(=O)NC(COP(=O)([O-])OCC[N+](C)(C)C)C(O)CCCCCCCCCCCCCCCCCCCCCCCCCCC. The molecule has 0 saturated heterocycles. The fourth-order valence-electron chi connectivity index (χ4n) is 9.37. The number of amides is 1. The Kier molecular flexibility index (Phi) is 52.1. The van der Waals surface area contributed by atoms with E-state index < -0.39 is 20.0 Å². The summed E-state index contributed by atoms with van der Waals surface area (Å²) in [6.07, 6.45) is 66.5. The highest BCUT2D eigenvalue weighted by atomic mass is 31.2. The quantitative estimate of drug-likeness (QED) is 0.0272. The van der Waals surface area contributed by atoms with E-state index >= 15 is 0 Å². The molecule has 3 atom stereocenters. The average molecular weight is 1010 g/mol. The molecule has 0 radical (unpaired) electrons. The maximum Gasteiger partial charge on any atom is 0.268 e. The average Bonchev–Trinajstić information content (AvgIpc) is 3.32. The van der Waals surface area contributed by atoms with Gasteiger partial charge in [-0.05, 0) is 44.9 Å². The zero-order valence-electron chi connectivity index (χ0n) is 47.5. The van der Waals surface area contributed by atoms with E-state index in [-0.39, 0.29) is 19.1 Å². The lowest BCUT2D eigenvalue weighted by atomic mass is 10.0. The predicted octanol–water partition coefficient (Wildman–Crippen LogP) is 18.1. The largest absolute Gasteiger partial charge is 0.756 e. The van der Waals surface area contributed by atoms with Gasteiger partial charge in [0.25, 0.3) is 7.82 Å². The molecule has 0 aromatic carbocycles. The van der Waals surface area contributed by atoms with E-state index in [2.05, 4.69) is 43.5 Å². The molecular formula is C61H121N2O6P. The van der Waals surface area contributed by atoms with E-state index in [1.54, 1.807) is 0 Å². The zero-order chi connectivity index (χ0) is 51.3. The Hall–Kier alpha value is -1.02. The number of hydrogen-bond acceptors (Lipinski definition) is 6. The van der Waals surface area contributed by atoms with Crippen molar-refractivity contribution in [2.24, 2.45) is 0 Å². The van der Waals surface area contributed by atoms with Crippen molar-refractivity contribution in [3.63, 3.8) is 0 Å². The minimum absolute atomic E-state index is 0.0117. The van der Waals surface area contributed by atoms with E-state index in [1.165, 1.54) is 231 Å². The van der Waals surface area contributed by atoms with Crippen LogP contribution in [0.4, 0.5) is 0 Å². The number of carbonyl (C=O) groups excluding carboxylic acids is 1. The molecule has 0 rings (SSSR count). The molecule has 0 aromatic heterocycles. The van der Waals surface area contributed by atoms with Crippen LogP contribution in [0.15, 0.2) is 24.3 Å². The molecule has 0 bridgehead atoms. The molecule has 0 aliphatic carbocycles. The molecule has 0 fully saturated rings. The zero-order valence-corrected chi connectivity index (χ0v) is 48.4. The number of phosphoric acid groups is 1. The Morgan fingerprint density at radius 3 is 1.19 bits per heavy atom. The maximum atomic E-state index is 13.0. The summed E-state index contributed by atoms with van der Waals surface area (Å²) in [5, 5.41) is 14.1. The van der Waals surface area contributed by atoms with Gasteiger partial charge in [0, 0.05) is 6.42 Å². The van der Waals surface area contributed by atoms with Gasteiger partial charge < -0.3 is 28.8 Å². The van der Waals surface area contributed by atoms with Gasteiger partial charge in [0.2, 0.25) is 5.91 Å². The number of aliphatic hydroxyl groups is 1. The topological polar surface area (TPSA) is 108 Å². The van der Waals surface area contributed by atoms with Gasteiger partial charge >= 0.3 is 0 Å². The maximum absolute atomic E-state index is 13.0. The summed E-state index contributed by atoms with van der Waals surface area (Å²) in [5.41, 5.74) is 0. The van der Waals surface area contributed by atoms with Crippen LogP contribution in [-0.4, -0.2) is 68.5 Å². The van der Waals surface area contributed by atoms with Crippen LogP contribution >= 0.6 is 7.82 Å². The van der Waals surface area contributed by atoms with Crippen LogP contribution in [0.2, 0.25) is 0 Å². The van der Waals surface area contributed by atoms with Crippen molar-refractivity contribution < 1.29 is 32.9 Å². The highest BCUT2D eigenvalue weighted by Gasteiger charge is 2.24. The van der Waals surface area contributed by atoms with Crippen LogP contribution in [0.1, 0.15) is 309 Å². The summed E-state index contributed by atoms with van der Waals surface area (Å²) < 4.78 is 23.5. The van der Waals surface area contributed by atoms with Crippen molar-refractivity contribution >= 4 is 13.7 Å². The fourth-order valence-corrected chi connectivity index (χ4v) is 10.1. The second-order valence-corrected chi connectivity index (χ2v) is 23.8. The van der Waals surface area contributed by atoms with Gasteiger partial charge in [-0.1, -0.05) is 282 Å².